The maximum atomic E-state index is 12.3. The summed E-state index contributed by atoms with van der Waals surface area (Å²) in [6.07, 6.45) is 4.12. The summed E-state index contributed by atoms with van der Waals surface area (Å²) in [5, 5.41) is 2.39. The second-order valence-electron chi connectivity index (χ2n) is 5.74. The van der Waals surface area contributed by atoms with Crippen LogP contribution < -0.4 is 10.0 Å². The lowest BCUT2D eigenvalue weighted by Crippen LogP contribution is -2.38. The zero-order chi connectivity index (χ0) is 16.4. The molecule has 0 saturated carbocycles. The van der Waals surface area contributed by atoms with Gasteiger partial charge in [0.15, 0.2) is 0 Å². The van der Waals surface area contributed by atoms with Crippen LogP contribution in [0, 0.1) is 0 Å². The smallest absolute Gasteiger partial charge is 0.324 e. The van der Waals surface area contributed by atoms with Gasteiger partial charge in [0.2, 0.25) is 15.9 Å². The second-order valence-corrected chi connectivity index (χ2v) is 7.51. The molecular weight excluding hydrogens is 318 g/mol. The van der Waals surface area contributed by atoms with Crippen molar-refractivity contribution in [1.29, 1.82) is 0 Å². The zero-order valence-corrected chi connectivity index (χ0v) is 13.5. The highest BCUT2D eigenvalue weighted by Gasteiger charge is 2.28. The number of rotatable bonds is 5. The van der Waals surface area contributed by atoms with Gasteiger partial charge in [-0.3, -0.25) is 9.69 Å². The van der Waals surface area contributed by atoms with Crippen LogP contribution in [0.4, 0.5) is 4.79 Å². The largest absolute Gasteiger partial charge is 0.329 e. The number of sulfonamides is 1. The molecule has 1 fully saturated rings. The van der Waals surface area contributed by atoms with Gasteiger partial charge in [0, 0.05) is 13.1 Å². The number of nitrogens with one attached hydrogen (secondary N) is 2. The summed E-state index contributed by atoms with van der Waals surface area (Å²) >= 11 is 0. The highest BCUT2D eigenvalue weighted by molar-refractivity contribution is 7.89. The van der Waals surface area contributed by atoms with Gasteiger partial charge in [0.1, 0.15) is 0 Å². The molecule has 23 heavy (non-hydrogen) atoms. The molecule has 1 aliphatic carbocycles. The Morgan fingerprint density at radius 2 is 1.87 bits per heavy atom. The van der Waals surface area contributed by atoms with E-state index in [2.05, 4.69) is 10.0 Å². The molecule has 0 spiro atoms. The predicted octanol–water partition coefficient (Wildman–Crippen LogP) is 0.396. The highest BCUT2D eigenvalue weighted by Crippen LogP contribution is 2.23. The molecule has 0 radical (unpaired) electrons. The minimum atomic E-state index is -3.64. The average Bonchev–Trinajstić information content (AvgIpc) is 2.86. The third-order valence-corrected chi connectivity index (χ3v) is 5.65. The van der Waals surface area contributed by atoms with Crippen LogP contribution in [0.2, 0.25) is 0 Å². The molecule has 8 heteroatoms. The Balaban J connectivity index is 1.65. The van der Waals surface area contributed by atoms with E-state index in [9.17, 15) is 18.0 Å². The molecule has 124 valence electrons. The van der Waals surface area contributed by atoms with Crippen molar-refractivity contribution in [1.82, 2.24) is 14.9 Å². The van der Waals surface area contributed by atoms with E-state index in [1.54, 1.807) is 12.1 Å². The van der Waals surface area contributed by atoms with Crippen LogP contribution in [0.5, 0.6) is 0 Å². The third-order valence-electron chi connectivity index (χ3n) is 4.19. The summed E-state index contributed by atoms with van der Waals surface area (Å²) in [5.41, 5.74) is 2.31. The van der Waals surface area contributed by atoms with Crippen LogP contribution in [0.15, 0.2) is 23.1 Å². The van der Waals surface area contributed by atoms with Gasteiger partial charge in [-0.25, -0.2) is 17.9 Å². The topological polar surface area (TPSA) is 95.6 Å². The molecule has 1 aromatic carbocycles. The van der Waals surface area contributed by atoms with Gasteiger partial charge in [0.05, 0.1) is 11.4 Å². The number of amides is 3. The third kappa shape index (κ3) is 3.37. The summed E-state index contributed by atoms with van der Waals surface area (Å²) in [5.74, 6) is -0.344. The van der Waals surface area contributed by atoms with E-state index in [1.165, 1.54) is 5.56 Å². The molecule has 7 nitrogen and oxygen atoms in total. The normalized spacial score (nSPS) is 18.0. The molecule has 3 rings (SSSR count). The lowest BCUT2D eigenvalue weighted by atomic mass is 9.92. The van der Waals surface area contributed by atoms with E-state index in [1.807, 2.05) is 6.07 Å². The number of imide groups is 1. The molecule has 2 aliphatic rings. The number of urea groups is 1. The Bertz CT molecular complexity index is 729. The van der Waals surface area contributed by atoms with Crippen LogP contribution >= 0.6 is 0 Å². The number of nitrogens with zero attached hydrogens (tertiary/aromatic N) is 1. The van der Waals surface area contributed by atoms with E-state index in [-0.39, 0.29) is 30.4 Å². The number of benzene rings is 1. The van der Waals surface area contributed by atoms with Gasteiger partial charge in [-0.15, -0.1) is 0 Å². The number of fused-ring (bicyclic) bond motifs is 1. The number of carbonyl (C=O) groups excluding carboxylic acids is 2. The summed E-state index contributed by atoms with van der Waals surface area (Å²) in [7, 11) is -3.64. The molecule has 2 N–H and O–H groups in total. The minimum Gasteiger partial charge on any atom is -0.329 e. The Kier molecular flexibility index (Phi) is 4.36. The molecule has 0 unspecified atom stereocenters. The minimum absolute atomic E-state index is 0.00141. The predicted molar refractivity (Wildman–Crippen MR) is 83.4 cm³/mol. The van der Waals surface area contributed by atoms with E-state index >= 15 is 0 Å². The van der Waals surface area contributed by atoms with Crippen LogP contribution in [0.3, 0.4) is 0 Å². The highest BCUT2D eigenvalue weighted by atomic mass is 32.2. The first-order chi connectivity index (χ1) is 11.0. The van der Waals surface area contributed by atoms with Crippen molar-refractivity contribution in [2.24, 2.45) is 0 Å². The van der Waals surface area contributed by atoms with Crippen molar-refractivity contribution in [3.63, 3.8) is 0 Å². The lowest BCUT2D eigenvalue weighted by molar-refractivity contribution is -0.124. The first-order valence-electron chi connectivity index (χ1n) is 7.67. The maximum absolute atomic E-state index is 12.3. The fourth-order valence-corrected chi connectivity index (χ4v) is 4.00. The molecular formula is C15H19N3O4S. The molecule has 1 saturated heterocycles. The van der Waals surface area contributed by atoms with Crippen molar-refractivity contribution in [3.05, 3.63) is 29.3 Å². The summed E-state index contributed by atoms with van der Waals surface area (Å²) in [4.78, 5) is 24.1. The molecule has 0 aromatic heterocycles. The lowest BCUT2D eigenvalue weighted by Gasteiger charge is -2.17. The Labute approximate surface area is 135 Å². The fraction of sp³-hybridized carbons (Fsp3) is 0.467. The van der Waals surface area contributed by atoms with Crippen molar-refractivity contribution in [3.8, 4) is 0 Å². The van der Waals surface area contributed by atoms with E-state index in [0.29, 0.717) is 0 Å². The summed E-state index contributed by atoms with van der Waals surface area (Å²) in [6.45, 7) is -0.0101. The standard InChI is InChI=1S/C15H19N3O4S/c19-14-10-16-15(20)18(14)8-7-17-23(21,22)13-6-5-11-3-1-2-4-12(11)9-13/h5-6,9,17H,1-4,7-8,10H2,(H,16,20). The quantitative estimate of drug-likeness (QED) is 0.760. The number of hydrogen-bond acceptors (Lipinski definition) is 4. The van der Waals surface area contributed by atoms with Gasteiger partial charge in [-0.2, -0.15) is 0 Å². The monoisotopic (exact) mass is 337 g/mol. The van der Waals surface area contributed by atoms with Gasteiger partial charge < -0.3 is 5.32 Å². The molecule has 1 aromatic rings. The Morgan fingerprint density at radius 3 is 2.57 bits per heavy atom. The number of aryl methyl sites for hydroxylation is 2. The maximum Gasteiger partial charge on any atom is 0.324 e. The van der Waals surface area contributed by atoms with Gasteiger partial charge in [0.25, 0.3) is 0 Å². The molecule has 1 heterocycles. The van der Waals surface area contributed by atoms with Crippen LogP contribution in [-0.4, -0.2) is 44.9 Å². The molecule has 1 aliphatic heterocycles. The van der Waals surface area contributed by atoms with Crippen molar-refractivity contribution in [2.75, 3.05) is 19.6 Å². The van der Waals surface area contributed by atoms with Crippen molar-refractivity contribution >= 4 is 22.0 Å². The second kappa shape index (κ2) is 6.29. The van der Waals surface area contributed by atoms with E-state index in [0.717, 1.165) is 36.1 Å². The fourth-order valence-electron chi connectivity index (χ4n) is 2.93. The van der Waals surface area contributed by atoms with E-state index < -0.39 is 16.1 Å². The molecule has 3 amide bonds. The SMILES string of the molecule is O=C1CNC(=O)N1CCNS(=O)(=O)c1ccc2c(c1)CCCC2. The first-order valence-corrected chi connectivity index (χ1v) is 9.15. The van der Waals surface area contributed by atoms with Crippen LogP contribution in [-0.2, 0) is 27.7 Å². The average molecular weight is 337 g/mol. The number of hydrogen-bond donors (Lipinski definition) is 2. The zero-order valence-electron chi connectivity index (χ0n) is 12.7. The Hall–Kier alpha value is -1.93. The van der Waals surface area contributed by atoms with Crippen molar-refractivity contribution in [2.45, 2.75) is 30.6 Å². The van der Waals surface area contributed by atoms with Crippen LogP contribution in [0.25, 0.3) is 0 Å². The van der Waals surface area contributed by atoms with Gasteiger partial charge >= 0.3 is 6.03 Å². The number of carbonyl (C=O) groups is 2. The molecule has 0 bridgehead atoms. The van der Waals surface area contributed by atoms with Crippen molar-refractivity contribution < 1.29 is 18.0 Å². The van der Waals surface area contributed by atoms with Gasteiger partial charge in [-0.1, -0.05) is 6.07 Å². The van der Waals surface area contributed by atoms with E-state index in [4.69, 9.17) is 0 Å². The van der Waals surface area contributed by atoms with Crippen LogP contribution in [0.1, 0.15) is 24.0 Å². The van der Waals surface area contributed by atoms with Gasteiger partial charge in [-0.05, 0) is 48.9 Å². The Morgan fingerprint density at radius 1 is 1.13 bits per heavy atom. The summed E-state index contributed by atoms with van der Waals surface area (Å²) in [6, 6.07) is 4.73. The summed E-state index contributed by atoms with van der Waals surface area (Å²) < 4.78 is 27.1. The first kappa shape index (κ1) is 15.9. The molecule has 0 atom stereocenters.